The summed E-state index contributed by atoms with van der Waals surface area (Å²) in [6, 6.07) is 14.0. The number of nitrogens with one attached hydrogen (secondary N) is 1. The summed E-state index contributed by atoms with van der Waals surface area (Å²) in [4.78, 5) is 22.8. The molecule has 2 rings (SSSR count). The van der Waals surface area contributed by atoms with Crippen LogP contribution in [0.2, 0.25) is 0 Å². The molecule has 0 saturated carbocycles. The second kappa shape index (κ2) is 8.19. The molecule has 0 spiro atoms. The van der Waals surface area contributed by atoms with Gasteiger partial charge >= 0.3 is 0 Å². The molecule has 0 aromatic heterocycles. The van der Waals surface area contributed by atoms with Gasteiger partial charge in [0, 0.05) is 17.2 Å². The van der Waals surface area contributed by atoms with Gasteiger partial charge in [-0.15, -0.1) is 0 Å². The highest BCUT2D eigenvalue weighted by molar-refractivity contribution is 6.02. The first-order valence-corrected chi connectivity index (χ1v) is 8.06. The fourth-order valence-corrected chi connectivity index (χ4v) is 2.38. The Balaban J connectivity index is 2.24. The summed E-state index contributed by atoms with van der Waals surface area (Å²) in [6.07, 6.45) is 0.707. The molecule has 1 N–H and O–H groups in total. The highest BCUT2D eigenvalue weighted by Crippen LogP contribution is 2.19. The zero-order valence-corrected chi connectivity index (χ0v) is 14.5. The second-order valence-electron chi connectivity index (χ2n) is 6.22. The third kappa shape index (κ3) is 4.97. The smallest absolute Gasteiger partial charge is 0.267 e. The molecule has 0 heterocycles. The minimum absolute atomic E-state index is 0.0814. The molecule has 6 heteroatoms. The molecule has 0 unspecified atom stereocenters. The Hall–Kier alpha value is -3.02. The minimum Gasteiger partial charge on any atom is -0.267 e. The van der Waals surface area contributed by atoms with Gasteiger partial charge in [0.2, 0.25) is 0 Å². The number of benzene rings is 2. The summed E-state index contributed by atoms with van der Waals surface area (Å²) in [5.41, 5.74) is 4.85. The van der Waals surface area contributed by atoms with Crippen molar-refractivity contribution in [2.24, 2.45) is 11.0 Å². The molecule has 0 saturated heterocycles. The molecule has 2 aromatic carbocycles. The molecule has 0 aliphatic rings. The van der Waals surface area contributed by atoms with Crippen LogP contribution in [0.5, 0.6) is 0 Å². The summed E-state index contributed by atoms with van der Waals surface area (Å²) >= 11 is 0. The van der Waals surface area contributed by atoms with E-state index in [1.165, 1.54) is 6.07 Å². The lowest BCUT2D eigenvalue weighted by Gasteiger charge is -2.10. The van der Waals surface area contributed by atoms with Gasteiger partial charge in [-0.05, 0) is 30.9 Å². The lowest BCUT2D eigenvalue weighted by molar-refractivity contribution is -0.385. The third-order valence-electron chi connectivity index (χ3n) is 3.67. The summed E-state index contributed by atoms with van der Waals surface area (Å²) in [6.45, 7) is 5.78. The van der Waals surface area contributed by atoms with Crippen LogP contribution in [-0.4, -0.2) is 16.5 Å². The van der Waals surface area contributed by atoms with E-state index in [1.807, 2.05) is 30.3 Å². The number of hydrogen-bond acceptors (Lipinski definition) is 4. The Morgan fingerprint density at radius 2 is 1.84 bits per heavy atom. The molecular formula is C19H21N3O3. The zero-order chi connectivity index (χ0) is 18.4. The number of carbonyl (C=O) groups excluding carboxylic acids is 1. The van der Waals surface area contributed by atoms with Crippen LogP contribution in [-0.2, 0) is 0 Å². The molecule has 1 amide bonds. The maximum absolute atomic E-state index is 12.3. The maximum atomic E-state index is 12.3. The van der Waals surface area contributed by atoms with Crippen molar-refractivity contribution in [3.8, 4) is 0 Å². The molecule has 0 aliphatic heterocycles. The van der Waals surface area contributed by atoms with Crippen LogP contribution in [0.15, 0.2) is 53.6 Å². The number of amides is 1. The molecule has 0 bridgehead atoms. The lowest BCUT2D eigenvalue weighted by Crippen LogP contribution is -2.21. The average molecular weight is 339 g/mol. The summed E-state index contributed by atoms with van der Waals surface area (Å²) in [5.74, 6) is -0.100. The van der Waals surface area contributed by atoms with Gasteiger partial charge in [0.1, 0.15) is 0 Å². The number of nitro benzene ring substituents is 1. The minimum atomic E-state index is -0.496. The Morgan fingerprint density at radius 1 is 1.16 bits per heavy atom. The highest BCUT2D eigenvalue weighted by Gasteiger charge is 2.15. The van der Waals surface area contributed by atoms with Gasteiger partial charge in [-0.25, -0.2) is 5.43 Å². The molecule has 0 radical (unpaired) electrons. The summed E-state index contributed by atoms with van der Waals surface area (Å²) in [5, 5.41) is 15.3. The largest absolute Gasteiger partial charge is 0.273 e. The van der Waals surface area contributed by atoms with Crippen molar-refractivity contribution in [3.63, 3.8) is 0 Å². The fraction of sp³-hybridized carbons (Fsp3) is 0.263. The van der Waals surface area contributed by atoms with Crippen molar-refractivity contribution in [2.45, 2.75) is 27.2 Å². The third-order valence-corrected chi connectivity index (χ3v) is 3.67. The Morgan fingerprint density at radius 3 is 2.44 bits per heavy atom. The van der Waals surface area contributed by atoms with Gasteiger partial charge in [0.05, 0.1) is 10.6 Å². The van der Waals surface area contributed by atoms with E-state index in [9.17, 15) is 14.9 Å². The Bertz CT molecular complexity index is 799. The van der Waals surface area contributed by atoms with Crippen molar-refractivity contribution in [2.75, 3.05) is 0 Å². The second-order valence-corrected chi connectivity index (χ2v) is 6.22. The molecule has 0 fully saturated rings. The van der Waals surface area contributed by atoms with Crippen molar-refractivity contribution in [1.29, 1.82) is 0 Å². The van der Waals surface area contributed by atoms with Crippen LogP contribution in [0.3, 0.4) is 0 Å². The van der Waals surface area contributed by atoms with E-state index in [-0.39, 0.29) is 11.3 Å². The number of hydrazone groups is 1. The normalized spacial score (nSPS) is 11.4. The number of nitro groups is 1. The van der Waals surface area contributed by atoms with Gasteiger partial charge in [0.25, 0.3) is 11.6 Å². The quantitative estimate of drug-likeness (QED) is 0.489. The highest BCUT2D eigenvalue weighted by atomic mass is 16.6. The van der Waals surface area contributed by atoms with Gasteiger partial charge in [0.15, 0.2) is 0 Å². The predicted octanol–water partition coefficient (Wildman–Crippen LogP) is 4.08. The van der Waals surface area contributed by atoms with Crippen molar-refractivity contribution in [3.05, 3.63) is 75.3 Å². The summed E-state index contributed by atoms with van der Waals surface area (Å²) < 4.78 is 0. The first-order valence-electron chi connectivity index (χ1n) is 8.06. The zero-order valence-electron chi connectivity index (χ0n) is 14.5. The van der Waals surface area contributed by atoms with Crippen LogP contribution >= 0.6 is 0 Å². The number of carbonyl (C=O) groups is 1. The molecule has 2 aromatic rings. The maximum Gasteiger partial charge on any atom is 0.273 e. The topological polar surface area (TPSA) is 84.6 Å². The predicted molar refractivity (Wildman–Crippen MR) is 97.7 cm³/mol. The molecular weight excluding hydrogens is 318 g/mol. The van der Waals surface area contributed by atoms with Gasteiger partial charge < -0.3 is 0 Å². The van der Waals surface area contributed by atoms with E-state index >= 15 is 0 Å². The fourth-order valence-electron chi connectivity index (χ4n) is 2.38. The summed E-state index contributed by atoms with van der Waals surface area (Å²) in [7, 11) is 0. The monoisotopic (exact) mass is 339 g/mol. The average Bonchev–Trinajstić information content (AvgIpc) is 2.59. The molecule has 130 valence electrons. The molecule has 25 heavy (non-hydrogen) atoms. The van der Waals surface area contributed by atoms with Gasteiger partial charge in [-0.1, -0.05) is 50.2 Å². The van der Waals surface area contributed by atoms with Crippen LogP contribution in [0.25, 0.3) is 0 Å². The van der Waals surface area contributed by atoms with Crippen molar-refractivity contribution >= 4 is 17.3 Å². The van der Waals surface area contributed by atoms with E-state index in [0.717, 1.165) is 11.3 Å². The van der Waals surface area contributed by atoms with E-state index in [2.05, 4.69) is 24.4 Å². The standard InChI is InChI=1S/C19H21N3O3/c1-13(2)11-17(15-7-5-4-6-8-15)20-21-19(23)16-10-9-14(3)18(12-16)22(24)25/h4-10,12-13H,11H2,1-3H3,(H,21,23). The first kappa shape index (κ1) is 18.3. The van der Waals surface area contributed by atoms with Gasteiger partial charge in [-0.3, -0.25) is 14.9 Å². The SMILES string of the molecule is Cc1ccc(C(=O)NN=C(CC(C)C)c2ccccc2)cc1[N+](=O)[O-]. The first-order chi connectivity index (χ1) is 11.9. The molecule has 0 atom stereocenters. The number of aryl methyl sites for hydroxylation is 1. The van der Waals surface area contributed by atoms with Crippen LogP contribution in [0.4, 0.5) is 5.69 Å². The Labute approximate surface area is 146 Å². The Kier molecular flexibility index (Phi) is 6.00. The van der Waals surface area contributed by atoms with Crippen molar-refractivity contribution in [1.82, 2.24) is 5.43 Å². The van der Waals surface area contributed by atoms with E-state index in [0.29, 0.717) is 17.9 Å². The van der Waals surface area contributed by atoms with Gasteiger partial charge in [-0.2, -0.15) is 5.10 Å². The van der Waals surface area contributed by atoms with Crippen LogP contribution in [0, 0.1) is 23.0 Å². The number of rotatable bonds is 6. The van der Waals surface area contributed by atoms with Crippen LogP contribution in [0.1, 0.15) is 41.8 Å². The van der Waals surface area contributed by atoms with Crippen LogP contribution < -0.4 is 5.43 Å². The van der Waals surface area contributed by atoms with E-state index in [1.54, 1.807) is 19.1 Å². The van der Waals surface area contributed by atoms with E-state index < -0.39 is 10.8 Å². The number of hydrogen-bond donors (Lipinski definition) is 1. The molecule has 6 nitrogen and oxygen atoms in total. The molecule has 0 aliphatic carbocycles. The lowest BCUT2D eigenvalue weighted by atomic mass is 10.0. The number of nitrogens with zero attached hydrogens (tertiary/aromatic N) is 2. The van der Waals surface area contributed by atoms with Crippen molar-refractivity contribution < 1.29 is 9.72 Å². The van der Waals surface area contributed by atoms with E-state index in [4.69, 9.17) is 0 Å².